The topological polar surface area (TPSA) is 113 Å². The second-order valence-corrected chi connectivity index (χ2v) is 11.6. The lowest BCUT2D eigenvalue weighted by Gasteiger charge is -2.27. The highest BCUT2D eigenvalue weighted by atomic mass is 35.5. The van der Waals surface area contributed by atoms with Crippen molar-refractivity contribution in [2.24, 2.45) is 0 Å². The van der Waals surface area contributed by atoms with E-state index in [2.05, 4.69) is 37.7 Å². The number of hydrogen-bond acceptors (Lipinski definition) is 7. The molecule has 1 fully saturated rings. The number of carbonyl (C=O) groups is 2. The number of nitrogens with one attached hydrogen (secondary N) is 3. The number of benzene rings is 3. The van der Waals surface area contributed by atoms with Crippen LogP contribution in [-0.2, 0) is 17.8 Å². The number of nitrogens with zero attached hydrogens (tertiary/aromatic N) is 4. The largest absolute Gasteiger partial charge is 0.573 e. The highest BCUT2D eigenvalue weighted by Gasteiger charge is 2.35. The third-order valence-corrected chi connectivity index (χ3v) is 8.13. The van der Waals surface area contributed by atoms with Crippen LogP contribution in [0.2, 0.25) is 5.02 Å². The van der Waals surface area contributed by atoms with E-state index in [0.717, 1.165) is 29.7 Å². The van der Waals surface area contributed by atoms with Crippen LogP contribution in [0.1, 0.15) is 30.0 Å². The van der Waals surface area contributed by atoms with E-state index in [1.165, 1.54) is 47.0 Å². The van der Waals surface area contributed by atoms with Crippen molar-refractivity contribution < 1.29 is 27.5 Å². The number of rotatable bonds is 10. The van der Waals surface area contributed by atoms with Gasteiger partial charge >= 0.3 is 12.4 Å². The number of aromatic nitrogens is 3. The van der Waals surface area contributed by atoms with Crippen LogP contribution in [-0.4, -0.2) is 44.3 Å². The standard InChI is InChI=1S/C30H29ClF3N7O3S/c1-3-4-19-6-5-18(2)13-25(19)41-26(42)16-45-29(41)38-28(43)37-21-8-7-20(24(31)14-21)15-35-27-36-17-40(39-27)22-9-11-23(12-10-22)44-30(32,33)34/h5-14,17,29H,3-4,15-16H2,1-2H3,(H,35,39)(H2,37,38,43). The second kappa shape index (κ2) is 13.7. The summed E-state index contributed by atoms with van der Waals surface area (Å²) >= 11 is 7.84. The molecule has 10 nitrogen and oxygen atoms in total. The Kier molecular flexibility index (Phi) is 9.73. The molecule has 45 heavy (non-hydrogen) atoms. The van der Waals surface area contributed by atoms with E-state index in [-0.39, 0.29) is 29.9 Å². The molecule has 0 bridgehead atoms. The summed E-state index contributed by atoms with van der Waals surface area (Å²) in [5.41, 5.74) is 3.98. The lowest BCUT2D eigenvalue weighted by molar-refractivity contribution is -0.274. The number of carbonyl (C=O) groups excluding carboxylic acids is 2. The van der Waals surface area contributed by atoms with Crippen molar-refractivity contribution in [1.82, 2.24) is 20.1 Å². The Morgan fingerprint density at radius 3 is 2.58 bits per heavy atom. The van der Waals surface area contributed by atoms with Crippen molar-refractivity contribution in [3.05, 3.63) is 88.7 Å². The lowest BCUT2D eigenvalue weighted by atomic mass is 10.0. The minimum absolute atomic E-state index is 0.0686. The molecule has 3 amide bonds. The van der Waals surface area contributed by atoms with Gasteiger partial charge in [0, 0.05) is 17.3 Å². The average molecular weight is 660 g/mol. The number of thioether (sulfide) groups is 1. The van der Waals surface area contributed by atoms with Crippen molar-refractivity contribution >= 4 is 52.6 Å². The summed E-state index contributed by atoms with van der Waals surface area (Å²) < 4.78 is 42.5. The maximum absolute atomic E-state index is 12.9. The molecule has 1 atom stereocenters. The van der Waals surface area contributed by atoms with Gasteiger partial charge in [-0.05, 0) is 72.5 Å². The fraction of sp³-hybridized carbons (Fsp3) is 0.267. The molecule has 1 aliphatic heterocycles. The minimum Gasteiger partial charge on any atom is -0.406 e. The number of alkyl halides is 3. The first-order valence-corrected chi connectivity index (χ1v) is 15.3. The third kappa shape index (κ3) is 8.19. The first-order chi connectivity index (χ1) is 21.5. The van der Waals surface area contributed by atoms with E-state index in [4.69, 9.17) is 11.6 Å². The zero-order chi connectivity index (χ0) is 32.1. The van der Waals surface area contributed by atoms with Gasteiger partial charge < -0.3 is 20.7 Å². The molecule has 15 heteroatoms. The number of anilines is 3. The number of aryl methyl sites for hydroxylation is 2. The molecule has 1 unspecified atom stereocenters. The monoisotopic (exact) mass is 659 g/mol. The zero-order valence-electron chi connectivity index (χ0n) is 24.2. The zero-order valence-corrected chi connectivity index (χ0v) is 25.8. The normalized spacial score (nSPS) is 14.8. The molecule has 0 aliphatic carbocycles. The summed E-state index contributed by atoms with van der Waals surface area (Å²) in [6, 6.07) is 15.8. The van der Waals surface area contributed by atoms with Crippen LogP contribution in [0, 0.1) is 6.92 Å². The van der Waals surface area contributed by atoms with Crippen LogP contribution in [0.25, 0.3) is 5.69 Å². The van der Waals surface area contributed by atoms with E-state index >= 15 is 0 Å². The van der Waals surface area contributed by atoms with Gasteiger partial charge in [-0.3, -0.25) is 9.69 Å². The van der Waals surface area contributed by atoms with E-state index in [1.807, 2.05) is 25.1 Å². The Morgan fingerprint density at radius 1 is 1.11 bits per heavy atom. The Morgan fingerprint density at radius 2 is 1.87 bits per heavy atom. The van der Waals surface area contributed by atoms with Gasteiger partial charge in [-0.1, -0.05) is 43.1 Å². The van der Waals surface area contributed by atoms with Crippen LogP contribution >= 0.6 is 23.4 Å². The van der Waals surface area contributed by atoms with Crippen molar-refractivity contribution in [1.29, 1.82) is 0 Å². The predicted octanol–water partition coefficient (Wildman–Crippen LogP) is 6.88. The quantitative estimate of drug-likeness (QED) is 0.170. The number of amides is 3. The lowest BCUT2D eigenvalue weighted by Crippen LogP contribution is -2.46. The van der Waals surface area contributed by atoms with Gasteiger partial charge in [-0.25, -0.2) is 14.5 Å². The molecule has 1 saturated heterocycles. The molecule has 1 aliphatic rings. The molecule has 0 radical (unpaired) electrons. The van der Waals surface area contributed by atoms with Gasteiger partial charge in [0.1, 0.15) is 12.1 Å². The highest BCUT2D eigenvalue weighted by molar-refractivity contribution is 8.01. The van der Waals surface area contributed by atoms with Crippen molar-refractivity contribution in [3.63, 3.8) is 0 Å². The van der Waals surface area contributed by atoms with Gasteiger partial charge in [0.05, 0.1) is 17.1 Å². The summed E-state index contributed by atoms with van der Waals surface area (Å²) in [5.74, 6) is 0.120. The first-order valence-electron chi connectivity index (χ1n) is 13.9. The van der Waals surface area contributed by atoms with Crippen LogP contribution in [0.4, 0.5) is 35.3 Å². The molecule has 3 N–H and O–H groups in total. The van der Waals surface area contributed by atoms with Gasteiger partial charge in [0.2, 0.25) is 11.9 Å². The fourth-order valence-electron chi connectivity index (χ4n) is 4.66. The maximum atomic E-state index is 12.9. The maximum Gasteiger partial charge on any atom is 0.573 e. The van der Waals surface area contributed by atoms with E-state index in [9.17, 15) is 22.8 Å². The SMILES string of the molecule is CCCc1ccc(C)cc1N1C(=O)CSC1NC(=O)Nc1ccc(CNc2ncn(-c3ccc(OC(F)(F)F)cc3)n2)c(Cl)c1. The molecule has 2 heterocycles. The molecular formula is C30H29ClF3N7O3S. The van der Waals surface area contributed by atoms with E-state index in [0.29, 0.717) is 22.0 Å². The van der Waals surface area contributed by atoms with Crippen LogP contribution in [0.15, 0.2) is 67.0 Å². The molecular weight excluding hydrogens is 631 g/mol. The molecule has 236 valence electrons. The molecule has 4 aromatic rings. The predicted molar refractivity (Wildman–Crippen MR) is 168 cm³/mol. The highest BCUT2D eigenvalue weighted by Crippen LogP contribution is 2.33. The molecule has 5 rings (SSSR count). The van der Waals surface area contributed by atoms with E-state index in [1.54, 1.807) is 23.1 Å². The van der Waals surface area contributed by atoms with Gasteiger partial charge in [0.25, 0.3) is 0 Å². The van der Waals surface area contributed by atoms with Gasteiger partial charge in [-0.15, -0.1) is 30.0 Å². The Balaban J connectivity index is 1.17. The third-order valence-electron chi connectivity index (χ3n) is 6.72. The van der Waals surface area contributed by atoms with Crippen molar-refractivity contribution in [3.8, 4) is 11.4 Å². The van der Waals surface area contributed by atoms with Gasteiger partial charge in [0.15, 0.2) is 5.50 Å². The number of halogens is 4. The summed E-state index contributed by atoms with van der Waals surface area (Å²) in [5, 5.41) is 13.4. The summed E-state index contributed by atoms with van der Waals surface area (Å²) in [6.45, 7) is 4.31. The molecule has 0 saturated carbocycles. The summed E-state index contributed by atoms with van der Waals surface area (Å²) in [4.78, 5) is 31.6. The van der Waals surface area contributed by atoms with Crippen LogP contribution in [0.5, 0.6) is 5.75 Å². The Hall–Kier alpha value is -4.43. The van der Waals surface area contributed by atoms with Crippen molar-refractivity contribution in [2.75, 3.05) is 21.3 Å². The summed E-state index contributed by atoms with van der Waals surface area (Å²) in [6.07, 6.45) is -1.61. The Bertz CT molecular complexity index is 1680. The average Bonchev–Trinajstić information content (AvgIpc) is 3.59. The van der Waals surface area contributed by atoms with Crippen LogP contribution in [0.3, 0.4) is 0 Å². The van der Waals surface area contributed by atoms with Gasteiger partial charge in [-0.2, -0.15) is 0 Å². The molecule has 1 aromatic heterocycles. The minimum atomic E-state index is -4.77. The Labute approximate surface area is 266 Å². The molecule has 0 spiro atoms. The number of ether oxygens (including phenoxy) is 1. The summed E-state index contributed by atoms with van der Waals surface area (Å²) in [7, 11) is 0. The van der Waals surface area contributed by atoms with E-state index < -0.39 is 17.9 Å². The molecule has 3 aromatic carbocycles. The fourth-order valence-corrected chi connectivity index (χ4v) is 5.92. The second-order valence-electron chi connectivity index (χ2n) is 10.1. The number of hydrogen-bond donors (Lipinski definition) is 3. The first kappa shape index (κ1) is 32.0. The van der Waals surface area contributed by atoms with Crippen LogP contribution < -0.4 is 25.6 Å². The van der Waals surface area contributed by atoms with Crippen molar-refractivity contribution in [2.45, 2.75) is 45.1 Å². The number of urea groups is 1. The smallest absolute Gasteiger partial charge is 0.406 e.